The summed E-state index contributed by atoms with van der Waals surface area (Å²) < 4.78 is 3.03. The van der Waals surface area contributed by atoms with Crippen LogP contribution in [0.1, 0.15) is 11.5 Å². The number of carbonyl (C=O) groups is 1. The third kappa shape index (κ3) is 3.38. The minimum absolute atomic E-state index is 0.0883. The molecule has 2 aromatic heterocycles. The maximum absolute atomic E-state index is 12.7. The Morgan fingerprint density at radius 3 is 2.78 bits per heavy atom. The molecule has 0 spiro atoms. The summed E-state index contributed by atoms with van der Waals surface area (Å²) in [6.07, 6.45) is 0. The lowest BCUT2D eigenvalue weighted by molar-refractivity contribution is -0.116. The van der Waals surface area contributed by atoms with Crippen LogP contribution in [0.2, 0.25) is 0 Å². The highest BCUT2D eigenvalue weighted by molar-refractivity contribution is 9.10. The number of nitrogens with one attached hydrogen (secondary N) is 2. The van der Waals surface area contributed by atoms with Gasteiger partial charge >= 0.3 is 0 Å². The fraction of sp³-hybridized carbons (Fsp3) is 0.150. The number of para-hydroxylation sites is 1. The number of aromatic amines is 1. The molecule has 2 N–H and O–H groups in total. The molecule has 0 aliphatic heterocycles. The number of hydrogen-bond donors (Lipinski definition) is 2. The van der Waals surface area contributed by atoms with Crippen LogP contribution in [0.3, 0.4) is 0 Å². The van der Waals surface area contributed by atoms with E-state index in [-0.39, 0.29) is 12.5 Å². The van der Waals surface area contributed by atoms with Crippen LogP contribution in [0.25, 0.3) is 22.3 Å². The van der Waals surface area contributed by atoms with Crippen molar-refractivity contribution < 1.29 is 4.79 Å². The number of carbonyl (C=O) groups excluding carboxylic acids is 1. The highest BCUT2D eigenvalue weighted by Crippen LogP contribution is 2.30. The van der Waals surface area contributed by atoms with Gasteiger partial charge < -0.3 is 9.88 Å². The molecule has 27 heavy (non-hydrogen) atoms. The second-order valence-corrected chi connectivity index (χ2v) is 7.17. The van der Waals surface area contributed by atoms with Crippen molar-refractivity contribution in [2.45, 2.75) is 20.4 Å². The largest absolute Gasteiger partial charge is 0.334 e. The lowest BCUT2D eigenvalue weighted by Gasteiger charge is -2.10. The first-order valence-electron chi connectivity index (χ1n) is 8.55. The molecule has 0 bridgehead atoms. The van der Waals surface area contributed by atoms with Crippen LogP contribution in [0.4, 0.5) is 5.69 Å². The molecule has 6 nitrogen and oxygen atoms in total. The molecule has 4 aromatic rings. The summed E-state index contributed by atoms with van der Waals surface area (Å²) in [4.78, 5) is 17.0. The maximum Gasteiger partial charge on any atom is 0.244 e. The predicted molar refractivity (Wildman–Crippen MR) is 110 cm³/mol. The third-order valence-electron chi connectivity index (χ3n) is 4.46. The molecule has 0 radical (unpaired) electrons. The number of nitrogens with zero attached hydrogens (tertiary/aromatic N) is 3. The molecule has 7 heteroatoms. The van der Waals surface area contributed by atoms with E-state index in [9.17, 15) is 4.79 Å². The first kappa shape index (κ1) is 17.5. The summed E-state index contributed by atoms with van der Waals surface area (Å²) in [6, 6.07) is 15.6. The molecule has 2 heterocycles. The summed E-state index contributed by atoms with van der Waals surface area (Å²) in [5, 5.41) is 11.1. The van der Waals surface area contributed by atoms with E-state index in [1.54, 1.807) is 0 Å². The van der Waals surface area contributed by atoms with E-state index in [1.807, 2.05) is 66.9 Å². The van der Waals surface area contributed by atoms with E-state index in [0.717, 1.165) is 32.5 Å². The second kappa shape index (κ2) is 7.00. The summed E-state index contributed by atoms with van der Waals surface area (Å²) in [6.45, 7) is 4.09. The molecule has 0 aliphatic carbocycles. The number of benzene rings is 2. The molecule has 0 fully saturated rings. The molecule has 0 aliphatic rings. The Bertz CT molecular complexity index is 1140. The lowest BCUT2D eigenvalue weighted by atomic mass is 10.2. The number of H-pyrrole nitrogens is 1. The topological polar surface area (TPSA) is 75.6 Å². The van der Waals surface area contributed by atoms with Crippen molar-refractivity contribution in [1.82, 2.24) is 19.7 Å². The van der Waals surface area contributed by atoms with Crippen LogP contribution in [0, 0.1) is 13.8 Å². The van der Waals surface area contributed by atoms with Gasteiger partial charge in [-0.3, -0.25) is 9.89 Å². The molecule has 2 aromatic carbocycles. The molecular formula is C20H18BrN5O. The first-order chi connectivity index (χ1) is 13.0. The van der Waals surface area contributed by atoms with Gasteiger partial charge in [-0.15, -0.1) is 0 Å². The Balaban J connectivity index is 1.56. The van der Waals surface area contributed by atoms with Gasteiger partial charge in [0.1, 0.15) is 12.4 Å². The van der Waals surface area contributed by atoms with Gasteiger partial charge in [0.25, 0.3) is 0 Å². The maximum atomic E-state index is 12.7. The van der Waals surface area contributed by atoms with Gasteiger partial charge in [-0.05, 0) is 48.0 Å². The van der Waals surface area contributed by atoms with Crippen molar-refractivity contribution in [3.05, 3.63) is 64.5 Å². The molecule has 1 amide bonds. The number of aromatic nitrogens is 4. The van der Waals surface area contributed by atoms with Crippen LogP contribution < -0.4 is 5.32 Å². The number of aryl methyl sites for hydroxylation is 1. The summed E-state index contributed by atoms with van der Waals surface area (Å²) >= 11 is 3.63. The van der Waals surface area contributed by atoms with Gasteiger partial charge in [-0.1, -0.05) is 30.3 Å². The Labute approximate surface area is 164 Å². The Morgan fingerprint density at radius 2 is 2.00 bits per heavy atom. The van der Waals surface area contributed by atoms with E-state index < -0.39 is 0 Å². The van der Waals surface area contributed by atoms with Gasteiger partial charge in [0.15, 0.2) is 5.82 Å². The van der Waals surface area contributed by atoms with Crippen molar-refractivity contribution in [2.24, 2.45) is 0 Å². The number of hydrogen-bond acceptors (Lipinski definition) is 3. The standard InChI is InChI=1S/C20H18BrN5O/c1-12-19(21)16-8-3-4-9-17(16)26(12)11-18(27)23-15-7-5-6-14(10-15)20-22-13(2)24-25-20/h3-10H,11H2,1-2H3,(H,23,27)(H,22,24,25). The number of anilines is 1. The van der Waals surface area contributed by atoms with E-state index in [4.69, 9.17) is 0 Å². The molecule has 0 atom stereocenters. The molecule has 0 unspecified atom stereocenters. The van der Waals surface area contributed by atoms with Crippen molar-refractivity contribution >= 4 is 38.4 Å². The number of amides is 1. The molecule has 0 saturated heterocycles. The van der Waals surface area contributed by atoms with Gasteiger partial charge in [-0.25, -0.2) is 4.98 Å². The second-order valence-electron chi connectivity index (χ2n) is 6.38. The zero-order chi connectivity index (χ0) is 19.0. The van der Waals surface area contributed by atoms with Gasteiger partial charge in [0.05, 0.1) is 0 Å². The normalized spacial score (nSPS) is 11.1. The van der Waals surface area contributed by atoms with E-state index in [2.05, 4.69) is 36.4 Å². The van der Waals surface area contributed by atoms with Crippen molar-refractivity contribution in [1.29, 1.82) is 0 Å². The average molecular weight is 424 g/mol. The van der Waals surface area contributed by atoms with Crippen LogP contribution >= 0.6 is 15.9 Å². The minimum atomic E-state index is -0.0883. The number of rotatable bonds is 4. The van der Waals surface area contributed by atoms with Crippen LogP contribution in [-0.4, -0.2) is 25.7 Å². The number of fused-ring (bicyclic) bond motifs is 1. The Hall–Kier alpha value is -2.93. The summed E-state index contributed by atoms with van der Waals surface area (Å²) in [5.41, 5.74) is 3.62. The third-order valence-corrected chi connectivity index (χ3v) is 5.46. The predicted octanol–water partition coefficient (Wildman–Crippen LogP) is 4.44. The van der Waals surface area contributed by atoms with E-state index >= 15 is 0 Å². The molecular weight excluding hydrogens is 406 g/mol. The lowest BCUT2D eigenvalue weighted by Crippen LogP contribution is -2.19. The Kier molecular flexibility index (Phi) is 4.53. The average Bonchev–Trinajstić information content (AvgIpc) is 3.20. The molecule has 0 saturated carbocycles. The zero-order valence-electron chi connectivity index (χ0n) is 15.0. The fourth-order valence-corrected chi connectivity index (χ4v) is 3.69. The van der Waals surface area contributed by atoms with E-state index in [0.29, 0.717) is 11.5 Å². The van der Waals surface area contributed by atoms with Crippen molar-refractivity contribution in [3.8, 4) is 11.4 Å². The SMILES string of the molecule is Cc1nc(-c2cccc(NC(=O)Cn3c(C)c(Br)c4ccccc43)c2)n[nH]1. The zero-order valence-corrected chi connectivity index (χ0v) is 16.5. The van der Waals surface area contributed by atoms with Crippen molar-refractivity contribution in [3.63, 3.8) is 0 Å². The molecule has 4 rings (SSSR count). The summed E-state index contributed by atoms with van der Waals surface area (Å²) in [5.74, 6) is 1.27. The van der Waals surface area contributed by atoms with Gasteiger partial charge in [-0.2, -0.15) is 5.10 Å². The van der Waals surface area contributed by atoms with Crippen LogP contribution in [0.5, 0.6) is 0 Å². The highest BCUT2D eigenvalue weighted by atomic mass is 79.9. The molecule has 136 valence electrons. The number of halogens is 1. The first-order valence-corrected chi connectivity index (χ1v) is 9.35. The van der Waals surface area contributed by atoms with E-state index in [1.165, 1.54) is 0 Å². The van der Waals surface area contributed by atoms with Gasteiger partial charge in [0, 0.05) is 32.3 Å². The fourth-order valence-electron chi connectivity index (χ4n) is 3.14. The quantitative estimate of drug-likeness (QED) is 0.509. The smallest absolute Gasteiger partial charge is 0.244 e. The summed E-state index contributed by atoms with van der Waals surface area (Å²) in [7, 11) is 0. The minimum Gasteiger partial charge on any atom is -0.334 e. The van der Waals surface area contributed by atoms with Gasteiger partial charge in [0.2, 0.25) is 5.91 Å². The highest BCUT2D eigenvalue weighted by Gasteiger charge is 2.14. The van der Waals surface area contributed by atoms with Crippen LogP contribution in [-0.2, 0) is 11.3 Å². The van der Waals surface area contributed by atoms with Crippen LogP contribution in [0.15, 0.2) is 53.0 Å². The Morgan fingerprint density at radius 1 is 1.19 bits per heavy atom. The van der Waals surface area contributed by atoms with Crippen molar-refractivity contribution in [2.75, 3.05) is 5.32 Å². The monoisotopic (exact) mass is 423 g/mol.